The van der Waals surface area contributed by atoms with Crippen molar-refractivity contribution in [3.8, 4) is 11.5 Å². The molecule has 21 heavy (non-hydrogen) atoms. The van der Waals surface area contributed by atoms with Crippen LogP contribution in [0.25, 0.3) is 22.6 Å². The lowest BCUT2D eigenvalue weighted by Gasteiger charge is -1.98. The Morgan fingerprint density at radius 1 is 1.24 bits per heavy atom. The molecule has 0 radical (unpaired) electrons. The van der Waals surface area contributed by atoms with Gasteiger partial charge in [-0.25, -0.2) is 9.55 Å². The largest absolute Gasteiger partial charge is 1.00 e. The first-order valence-corrected chi connectivity index (χ1v) is 7.52. The number of aromatic nitrogens is 2. The van der Waals surface area contributed by atoms with E-state index in [-0.39, 0.29) is 24.0 Å². The Morgan fingerprint density at radius 2 is 2.05 bits per heavy atom. The number of rotatable bonds is 3. The van der Waals surface area contributed by atoms with Crippen LogP contribution in [0.2, 0.25) is 0 Å². The molecule has 0 amide bonds. The number of nitrogens with zero attached hydrogens (tertiary/aromatic N) is 2. The van der Waals surface area contributed by atoms with Crippen LogP contribution in [-0.2, 0) is 6.54 Å². The molecule has 0 aliphatic rings. The molecule has 5 heteroatoms. The molecule has 0 atom stereocenters. The molecule has 0 fully saturated rings. The topological polar surface area (TPSA) is 29.9 Å². The Hall–Kier alpha value is -0.950. The van der Waals surface area contributed by atoms with Crippen molar-refractivity contribution in [2.75, 3.05) is 0 Å². The molecule has 0 spiro atoms. The van der Waals surface area contributed by atoms with Gasteiger partial charge in [-0.05, 0) is 46.6 Å². The zero-order valence-corrected chi connectivity index (χ0v) is 15.7. The summed E-state index contributed by atoms with van der Waals surface area (Å²) >= 11 is 3.55. The molecule has 0 aliphatic carbocycles. The second kappa shape index (κ2) is 6.87. The van der Waals surface area contributed by atoms with Crippen LogP contribution >= 0.6 is 15.9 Å². The van der Waals surface area contributed by atoms with E-state index in [0.717, 1.165) is 34.1 Å². The molecule has 0 saturated carbocycles. The average Bonchev–Trinajstić information content (AvgIpc) is 2.81. The quantitative estimate of drug-likeness (QED) is 0.437. The maximum atomic E-state index is 5.85. The molecule has 2 aromatic heterocycles. The number of halogens is 2. The van der Waals surface area contributed by atoms with Crippen LogP contribution in [0.15, 0.2) is 45.5 Å². The maximum Gasteiger partial charge on any atom is 0.233 e. The van der Waals surface area contributed by atoms with Crippen molar-refractivity contribution in [1.29, 1.82) is 0 Å². The van der Waals surface area contributed by atoms with Gasteiger partial charge in [0.2, 0.25) is 5.89 Å². The summed E-state index contributed by atoms with van der Waals surface area (Å²) < 4.78 is 9.03. The number of fused-ring (bicyclic) bond motifs is 1. The molecular weight excluding hydrogens is 443 g/mol. The number of aryl methyl sites for hydroxylation is 2. The molecule has 0 bridgehead atoms. The third-order valence-corrected chi connectivity index (χ3v) is 3.59. The van der Waals surface area contributed by atoms with Gasteiger partial charge < -0.3 is 28.4 Å². The van der Waals surface area contributed by atoms with Gasteiger partial charge in [-0.3, -0.25) is 0 Å². The lowest BCUT2D eigenvalue weighted by atomic mass is 10.2. The highest BCUT2D eigenvalue weighted by Crippen LogP contribution is 2.25. The minimum absolute atomic E-state index is 0. The molecule has 3 aromatic rings. The third kappa shape index (κ3) is 3.63. The fraction of sp³-hybridized carbons (Fsp3) is 0.250. The van der Waals surface area contributed by atoms with E-state index in [2.05, 4.69) is 51.7 Å². The van der Waals surface area contributed by atoms with Gasteiger partial charge in [-0.1, -0.05) is 13.0 Å². The molecule has 0 unspecified atom stereocenters. The second-order valence-corrected chi connectivity index (χ2v) is 5.89. The number of oxazole rings is 1. The van der Waals surface area contributed by atoms with Crippen LogP contribution in [-0.4, -0.2) is 4.98 Å². The Labute approximate surface area is 149 Å². The fourth-order valence-corrected chi connectivity index (χ4v) is 2.77. The summed E-state index contributed by atoms with van der Waals surface area (Å²) in [6.07, 6.45) is 5.24. The first kappa shape index (κ1) is 16.4. The highest BCUT2D eigenvalue weighted by molar-refractivity contribution is 9.10. The molecule has 3 rings (SSSR count). The zero-order valence-electron chi connectivity index (χ0n) is 11.9. The molecule has 0 saturated heterocycles. The summed E-state index contributed by atoms with van der Waals surface area (Å²) in [5.74, 6) is 0.664. The van der Waals surface area contributed by atoms with Gasteiger partial charge in [0.25, 0.3) is 0 Å². The van der Waals surface area contributed by atoms with Crippen molar-refractivity contribution in [1.82, 2.24) is 4.98 Å². The summed E-state index contributed by atoms with van der Waals surface area (Å²) in [7, 11) is 0. The summed E-state index contributed by atoms with van der Waals surface area (Å²) in [6, 6.07) is 8.08. The highest BCUT2D eigenvalue weighted by atomic mass is 127. The predicted molar refractivity (Wildman–Crippen MR) is 82.4 cm³/mol. The Kier molecular flexibility index (Phi) is 5.37. The van der Waals surface area contributed by atoms with Crippen molar-refractivity contribution < 1.29 is 33.0 Å². The fourth-order valence-electron chi connectivity index (χ4n) is 2.26. The molecule has 0 N–H and O–H groups in total. The molecule has 3 nitrogen and oxygen atoms in total. The van der Waals surface area contributed by atoms with Crippen molar-refractivity contribution in [3.05, 3.63) is 46.7 Å². The smallest absolute Gasteiger partial charge is 0.233 e. The highest BCUT2D eigenvalue weighted by Gasteiger charge is 2.13. The minimum Gasteiger partial charge on any atom is -1.00 e. The van der Waals surface area contributed by atoms with Gasteiger partial charge >= 0.3 is 0 Å². The first-order valence-electron chi connectivity index (χ1n) is 6.73. The Morgan fingerprint density at radius 3 is 2.81 bits per heavy atom. The standard InChI is InChI=1S/C16H16BrN2O.HI/c1-3-6-19-9-12(8-13(17)10-19)16-18-14-7-11(2)4-5-15(14)20-16;/h4-5,7-10H,3,6H2,1-2H3;1H/q+1;/p-1. The van der Waals surface area contributed by atoms with E-state index in [0.29, 0.717) is 5.89 Å². The van der Waals surface area contributed by atoms with Crippen LogP contribution in [0, 0.1) is 6.92 Å². The summed E-state index contributed by atoms with van der Waals surface area (Å²) in [6.45, 7) is 5.20. The Bertz CT molecular complexity index is 770. The monoisotopic (exact) mass is 458 g/mol. The van der Waals surface area contributed by atoms with E-state index in [1.807, 2.05) is 24.3 Å². The predicted octanol–water partition coefficient (Wildman–Crippen LogP) is 1.27. The van der Waals surface area contributed by atoms with Gasteiger partial charge in [-0.2, -0.15) is 0 Å². The van der Waals surface area contributed by atoms with Crippen LogP contribution in [0.4, 0.5) is 0 Å². The van der Waals surface area contributed by atoms with E-state index in [9.17, 15) is 0 Å². The van der Waals surface area contributed by atoms with Gasteiger partial charge in [0.1, 0.15) is 17.6 Å². The first-order chi connectivity index (χ1) is 9.65. The summed E-state index contributed by atoms with van der Waals surface area (Å²) in [5, 5.41) is 0. The molecule has 110 valence electrons. The molecule has 0 aliphatic heterocycles. The van der Waals surface area contributed by atoms with E-state index >= 15 is 0 Å². The van der Waals surface area contributed by atoms with Gasteiger partial charge in [0.15, 0.2) is 18.0 Å². The van der Waals surface area contributed by atoms with Crippen molar-refractivity contribution in [3.63, 3.8) is 0 Å². The third-order valence-electron chi connectivity index (χ3n) is 3.16. The number of hydrogen-bond acceptors (Lipinski definition) is 2. The molecular formula is C16H16BrIN2O. The van der Waals surface area contributed by atoms with Gasteiger partial charge in [0, 0.05) is 6.42 Å². The van der Waals surface area contributed by atoms with Crippen molar-refractivity contribution >= 4 is 27.0 Å². The van der Waals surface area contributed by atoms with Gasteiger partial charge in [-0.15, -0.1) is 0 Å². The van der Waals surface area contributed by atoms with Crippen LogP contribution in [0.5, 0.6) is 0 Å². The van der Waals surface area contributed by atoms with Gasteiger partial charge in [0.05, 0.1) is 4.47 Å². The van der Waals surface area contributed by atoms with Crippen LogP contribution < -0.4 is 28.5 Å². The van der Waals surface area contributed by atoms with Crippen LogP contribution in [0.1, 0.15) is 18.9 Å². The zero-order chi connectivity index (χ0) is 14.1. The number of benzene rings is 1. The second-order valence-electron chi connectivity index (χ2n) is 4.97. The summed E-state index contributed by atoms with van der Waals surface area (Å²) in [4.78, 5) is 4.59. The lowest BCUT2D eigenvalue weighted by molar-refractivity contribution is -0.697. The van der Waals surface area contributed by atoms with E-state index in [4.69, 9.17) is 4.42 Å². The van der Waals surface area contributed by atoms with E-state index in [1.165, 1.54) is 5.56 Å². The minimum atomic E-state index is 0. The number of pyridine rings is 1. The van der Waals surface area contributed by atoms with E-state index in [1.54, 1.807) is 0 Å². The van der Waals surface area contributed by atoms with E-state index < -0.39 is 0 Å². The Balaban J connectivity index is 0.00000161. The molecule has 2 heterocycles. The average molecular weight is 459 g/mol. The number of hydrogen-bond donors (Lipinski definition) is 0. The normalized spacial score (nSPS) is 10.6. The lowest BCUT2D eigenvalue weighted by Crippen LogP contribution is -3.00. The SMILES string of the molecule is CCC[n+]1cc(Br)cc(-c2nc3cc(C)ccc3o2)c1.[I-]. The van der Waals surface area contributed by atoms with Crippen molar-refractivity contribution in [2.24, 2.45) is 0 Å². The van der Waals surface area contributed by atoms with Crippen molar-refractivity contribution in [2.45, 2.75) is 26.8 Å². The summed E-state index contributed by atoms with van der Waals surface area (Å²) in [5.41, 5.74) is 3.91. The van der Waals surface area contributed by atoms with Crippen LogP contribution in [0.3, 0.4) is 0 Å². The molecule has 1 aromatic carbocycles. The maximum absolute atomic E-state index is 5.85.